The van der Waals surface area contributed by atoms with Gasteiger partial charge in [0.15, 0.2) is 0 Å². The molecule has 0 aliphatic heterocycles. The van der Waals surface area contributed by atoms with Crippen molar-refractivity contribution in [3.63, 3.8) is 0 Å². The minimum Gasteiger partial charge on any atom is -0.382 e. The molecule has 0 radical (unpaired) electrons. The number of benzene rings is 1. The molecule has 0 unspecified atom stereocenters. The number of nitrogens with one attached hydrogen (secondary N) is 1. The molecule has 5 heteroatoms. The predicted octanol–water partition coefficient (Wildman–Crippen LogP) is 2.79. The molecular weight excluding hydrogens is 276 g/mol. The highest BCUT2D eigenvalue weighted by molar-refractivity contribution is 6.30. The first-order chi connectivity index (χ1) is 9.67. The van der Waals surface area contributed by atoms with Gasteiger partial charge in [-0.1, -0.05) is 23.7 Å². The Morgan fingerprint density at radius 3 is 3.00 bits per heavy atom. The molecule has 0 fully saturated rings. The smallest absolute Gasteiger partial charge is 0.261 e. The number of carbonyl (C=O) groups is 1. The van der Waals surface area contributed by atoms with Crippen molar-refractivity contribution < 1.29 is 9.53 Å². The number of hydrogen-bond donors (Lipinski definition) is 1. The average molecular weight is 293 g/mol. The Labute approximate surface area is 124 Å². The van der Waals surface area contributed by atoms with Crippen LogP contribution in [-0.4, -0.2) is 25.7 Å². The topological polar surface area (TPSA) is 62.1 Å². The van der Waals surface area contributed by atoms with Crippen LogP contribution in [0.15, 0.2) is 29.8 Å². The molecule has 0 atom stereocenters. The van der Waals surface area contributed by atoms with E-state index in [0.29, 0.717) is 24.8 Å². The van der Waals surface area contributed by atoms with Crippen LogP contribution >= 0.6 is 11.6 Å². The Morgan fingerprint density at radius 1 is 1.55 bits per heavy atom. The number of halogens is 1. The van der Waals surface area contributed by atoms with Crippen LogP contribution in [0.4, 0.5) is 0 Å². The molecule has 0 spiro atoms. The van der Waals surface area contributed by atoms with Crippen LogP contribution < -0.4 is 5.32 Å². The minimum absolute atomic E-state index is 0.0590. The number of carbonyl (C=O) groups excluding carboxylic acids is 1. The lowest BCUT2D eigenvalue weighted by molar-refractivity contribution is -0.117. The molecule has 1 rings (SSSR count). The lowest BCUT2D eigenvalue weighted by atomic mass is 10.1. The number of hydrogen-bond acceptors (Lipinski definition) is 3. The van der Waals surface area contributed by atoms with Crippen molar-refractivity contribution in [3.05, 3.63) is 40.4 Å². The summed E-state index contributed by atoms with van der Waals surface area (Å²) >= 11 is 5.86. The standard InChI is InChI=1S/C15H17ClN2O2/c1-2-20-8-4-7-18-15(19)13(11-17)9-12-5-3-6-14(16)10-12/h3,5-6,9-10H,2,4,7-8H2,1H3,(H,18,19). The van der Waals surface area contributed by atoms with Gasteiger partial charge in [0, 0.05) is 24.8 Å². The first-order valence-corrected chi connectivity index (χ1v) is 6.78. The second kappa shape index (κ2) is 9.13. The van der Waals surface area contributed by atoms with E-state index in [9.17, 15) is 4.79 Å². The van der Waals surface area contributed by atoms with E-state index >= 15 is 0 Å². The Hall–Kier alpha value is -1.83. The van der Waals surface area contributed by atoms with E-state index in [1.54, 1.807) is 24.3 Å². The lowest BCUT2D eigenvalue weighted by Gasteiger charge is -2.04. The molecular formula is C15H17ClN2O2. The van der Waals surface area contributed by atoms with Crippen LogP contribution in [0, 0.1) is 11.3 Å². The van der Waals surface area contributed by atoms with Crippen molar-refractivity contribution in [1.82, 2.24) is 5.32 Å². The Morgan fingerprint density at radius 2 is 2.35 bits per heavy atom. The summed E-state index contributed by atoms with van der Waals surface area (Å²) < 4.78 is 5.17. The molecule has 20 heavy (non-hydrogen) atoms. The molecule has 0 saturated carbocycles. The van der Waals surface area contributed by atoms with E-state index in [2.05, 4.69) is 5.32 Å². The van der Waals surface area contributed by atoms with Gasteiger partial charge in [0.25, 0.3) is 5.91 Å². The summed E-state index contributed by atoms with van der Waals surface area (Å²) in [6, 6.07) is 8.88. The van der Waals surface area contributed by atoms with Gasteiger partial charge in [-0.2, -0.15) is 5.26 Å². The number of nitrogens with zero attached hydrogens (tertiary/aromatic N) is 1. The minimum atomic E-state index is -0.385. The van der Waals surface area contributed by atoms with Gasteiger partial charge in [-0.15, -0.1) is 0 Å². The molecule has 0 aliphatic rings. The third-order valence-corrected chi connectivity index (χ3v) is 2.71. The maximum Gasteiger partial charge on any atom is 0.261 e. The van der Waals surface area contributed by atoms with Crippen LogP contribution in [-0.2, 0) is 9.53 Å². The van der Waals surface area contributed by atoms with E-state index in [1.165, 1.54) is 6.08 Å². The highest BCUT2D eigenvalue weighted by Crippen LogP contribution is 2.13. The van der Waals surface area contributed by atoms with Crippen molar-refractivity contribution in [2.45, 2.75) is 13.3 Å². The Bertz CT molecular complexity index is 521. The SMILES string of the molecule is CCOCCCNC(=O)C(C#N)=Cc1cccc(Cl)c1. The first-order valence-electron chi connectivity index (χ1n) is 6.40. The summed E-state index contributed by atoms with van der Waals surface area (Å²) in [4.78, 5) is 11.8. The number of amides is 1. The van der Waals surface area contributed by atoms with Gasteiger partial charge in [-0.3, -0.25) is 4.79 Å². The van der Waals surface area contributed by atoms with Gasteiger partial charge in [0.05, 0.1) is 0 Å². The van der Waals surface area contributed by atoms with Gasteiger partial charge in [-0.05, 0) is 37.1 Å². The average Bonchev–Trinajstić information content (AvgIpc) is 2.44. The maximum atomic E-state index is 11.8. The van der Waals surface area contributed by atoms with E-state index in [-0.39, 0.29) is 11.5 Å². The van der Waals surface area contributed by atoms with Crippen molar-refractivity contribution in [3.8, 4) is 6.07 Å². The van der Waals surface area contributed by atoms with Gasteiger partial charge >= 0.3 is 0 Å². The third-order valence-electron chi connectivity index (χ3n) is 2.48. The summed E-state index contributed by atoms with van der Waals surface area (Å²) in [6.07, 6.45) is 2.24. The fraction of sp³-hybridized carbons (Fsp3) is 0.333. The van der Waals surface area contributed by atoms with Gasteiger partial charge in [-0.25, -0.2) is 0 Å². The molecule has 106 valence electrons. The monoisotopic (exact) mass is 292 g/mol. The molecule has 1 aromatic rings. The molecule has 1 amide bonds. The maximum absolute atomic E-state index is 11.8. The number of ether oxygens (including phenoxy) is 1. The summed E-state index contributed by atoms with van der Waals surface area (Å²) in [5, 5.41) is 12.3. The summed E-state index contributed by atoms with van der Waals surface area (Å²) in [5.41, 5.74) is 0.780. The van der Waals surface area contributed by atoms with Crippen molar-refractivity contribution >= 4 is 23.6 Å². The van der Waals surface area contributed by atoms with Crippen LogP contribution in [0.25, 0.3) is 6.08 Å². The molecule has 0 saturated heterocycles. The molecule has 0 aromatic heterocycles. The van der Waals surface area contributed by atoms with E-state index in [1.807, 2.05) is 13.0 Å². The Balaban J connectivity index is 2.57. The first kappa shape index (κ1) is 16.2. The largest absolute Gasteiger partial charge is 0.382 e. The number of rotatable bonds is 7. The van der Waals surface area contributed by atoms with E-state index in [4.69, 9.17) is 21.6 Å². The zero-order valence-electron chi connectivity index (χ0n) is 11.4. The summed E-state index contributed by atoms with van der Waals surface area (Å²) in [6.45, 7) is 3.65. The zero-order valence-corrected chi connectivity index (χ0v) is 12.1. The summed E-state index contributed by atoms with van der Waals surface area (Å²) in [7, 11) is 0. The fourth-order valence-electron chi connectivity index (χ4n) is 1.53. The van der Waals surface area contributed by atoms with Crippen LogP contribution in [0.2, 0.25) is 5.02 Å². The normalized spacial score (nSPS) is 10.9. The highest BCUT2D eigenvalue weighted by Gasteiger charge is 2.08. The fourth-order valence-corrected chi connectivity index (χ4v) is 1.73. The molecule has 1 N–H and O–H groups in total. The third kappa shape index (κ3) is 5.87. The second-order valence-corrected chi connectivity index (χ2v) is 4.47. The Kier molecular flexibility index (Phi) is 7.41. The van der Waals surface area contributed by atoms with Crippen molar-refractivity contribution in [2.24, 2.45) is 0 Å². The molecule has 0 bridgehead atoms. The van der Waals surface area contributed by atoms with Crippen molar-refractivity contribution in [2.75, 3.05) is 19.8 Å². The molecule has 4 nitrogen and oxygen atoms in total. The molecule has 1 aromatic carbocycles. The zero-order chi connectivity index (χ0) is 14.8. The second-order valence-electron chi connectivity index (χ2n) is 4.03. The number of nitriles is 1. The highest BCUT2D eigenvalue weighted by atomic mass is 35.5. The predicted molar refractivity (Wildman–Crippen MR) is 79.2 cm³/mol. The molecule has 0 aliphatic carbocycles. The van der Waals surface area contributed by atoms with E-state index in [0.717, 1.165) is 12.0 Å². The summed E-state index contributed by atoms with van der Waals surface area (Å²) in [5.74, 6) is -0.385. The molecule has 0 heterocycles. The quantitative estimate of drug-likeness (QED) is 0.477. The van der Waals surface area contributed by atoms with Crippen LogP contribution in [0.5, 0.6) is 0 Å². The van der Waals surface area contributed by atoms with Gasteiger partial charge in [0.2, 0.25) is 0 Å². The van der Waals surface area contributed by atoms with Gasteiger partial charge < -0.3 is 10.1 Å². The van der Waals surface area contributed by atoms with Crippen LogP contribution in [0.1, 0.15) is 18.9 Å². The van der Waals surface area contributed by atoms with E-state index < -0.39 is 0 Å². The lowest BCUT2D eigenvalue weighted by Crippen LogP contribution is -2.26. The van der Waals surface area contributed by atoms with Crippen LogP contribution in [0.3, 0.4) is 0 Å². The van der Waals surface area contributed by atoms with Gasteiger partial charge in [0.1, 0.15) is 11.6 Å². The van der Waals surface area contributed by atoms with Crippen molar-refractivity contribution in [1.29, 1.82) is 5.26 Å².